The number of para-hydroxylation sites is 1. The number of halogens is 1. The molecule has 0 saturated heterocycles. The highest BCUT2D eigenvalue weighted by atomic mass is 79.9. The summed E-state index contributed by atoms with van der Waals surface area (Å²) in [4.78, 5) is 37.3. The van der Waals surface area contributed by atoms with Crippen LogP contribution in [0.5, 0.6) is 0 Å². The number of nitrogens with zero attached hydrogens (tertiary/aromatic N) is 1. The molecule has 0 spiro atoms. The number of ether oxygens (including phenoxy) is 1. The van der Waals surface area contributed by atoms with Crippen LogP contribution in [0.4, 0.5) is 16.2 Å². The van der Waals surface area contributed by atoms with Gasteiger partial charge in [0, 0.05) is 22.8 Å². The highest BCUT2D eigenvalue weighted by Crippen LogP contribution is 2.21. The molecule has 0 aliphatic heterocycles. The first-order chi connectivity index (χ1) is 12.9. The largest absolute Gasteiger partial charge is 0.450 e. The first-order valence-electron chi connectivity index (χ1n) is 8.24. The van der Waals surface area contributed by atoms with Crippen LogP contribution in [0.25, 0.3) is 0 Å². The number of nitrogens with one attached hydrogen (secondary N) is 2. The van der Waals surface area contributed by atoms with Gasteiger partial charge in [-0.2, -0.15) is 0 Å². The fourth-order valence-electron chi connectivity index (χ4n) is 2.24. The third kappa shape index (κ3) is 6.10. The average molecular weight is 434 g/mol. The van der Waals surface area contributed by atoms with E-state index >= 15 is 0 Å². The number of carbonyl (C=O) groups is 3. The molecule has 142 valence electrons. The Hall–Kier alpha value is -2.87. The van der Waals surface area contributed by atoms with E-state index < -0.39 is 6.09 Å². The van der Waals surface area contributed by atoms with E-state index in [0.717, 1.165) is 4.47 Å². The van der Waals surface area contributed by atoms with E-state index in [4.69, 9.17) is 4.74 Å². The van der Waals surface area contributed by atoms with Crippen LogP contribution < -0.4 is 10.6 Å². The van der Waals surface area contributed by atoms with Crippen molar-refractivity contribution < 1.29 is 19.1 Å². The molecule has 2 rings (SSSR count). The fourth-order valence-corrected chi connectivity index (χ4v) is 2.62. The van der Waals surface area contributed by atoms with Crippen LogP contribution >= 0.6 is 15.9 Å². The normalized spacial score (nSPS) is 10.0. The van der Waals surface area contributed by atoms with E-state index in [0.29, 0.717) is 16.9 Å². The van der Waals surface area contributed by atoms with E-state index in [2.05, 4.69) is 26.6 Å². The Morgan fingerprint density at radius 3 is 2.33 bits per heavy atom. The maximum Gasteiger partial charge on any atom is 0.411 e. The number of carbonyl (C=O) groups excluding carboxylic acids is 3. The van der Waals surface area contributed by atoms with Crippen molar-refractivity contribution in [2.24, 2.45) is 0 Å². The molecule has 2 aromatic carbocycles. The van der Waals surface area contributed by atoms with E-state index in [1.807, 2.05) is 12.1 Å². The first-order valence-corrected chi connectivity index (χ1v) is 9.03. The smallest absolute Gasteiger partial charge is 0.411 e. The van der Waals surface area contributed by atoms with Gasteiger partial charge in [-0.15, -0.1) is 0 Å². The molecule has 0 aliphatic rings. The van der Waals surface area contributed by atoms with Crippen molar-refractivity contribution in [3.8, 4) is 0 Å². The summed E-state index contributed by atoms with van der Waals surface area (Å²) in [5, 5.41) is 5.30. The van der Waals surface area contributed by atoms with E-state index in [9.17, 15) is 14.4 Å². The minimum absolute atomic E-state index is 0.0943. The molecule has 0 unspecified atom stereocenters. The molecule has 8 heteroatoms. The molecule has 2 aromatic rings. The van der Waals surface area contributed by atoms with E-state index in [1.165, 1.54) is 4.90 Å². The number of amides is 3. The van der Waals surface area contributed by atoms with E-state index in [1.54, 1.807) is 50.4 Å². The molecule has 0 bridgehead atoms. The zero-order valence-electron chi connectivity index (χ0n) is 15.0. The monoisotopic (exact) mass is 433 g/mol. The summed E-state index contributed by atoms with van der Waals surface area (Å²) >= 11 is 3.36. The number of hydrogen-bond acceptors (Lipinski definition) is 4. The van der Waals surface area contributed by atoms with Gasteiger partial charge in [0.2, 0.25) is 5.91 Å². The summed E-state index contributed by atoms with van der Waals surface area (Å²) in [6, 6.07) is 13.6. The van der Waals surface area contributed by atoms with Crippen molar-refractivity contribution in [1.82, 2.24) is 4.90 Å². The third-order valence-electron chi connectivity index (χ3n) is 3.53. The molecule has 0 saturated carbocycles. The van der Waals surface area contributed by atoms with Crippen LogP contribution in [0.2, 0.25) is 0 Å². The van der Waals surface area contributed by atoms with Crippen LogP contribution in [0, 0.1) is 0 Å². The summed E-state index contributed by atoms with van der Waals surface area (Å²) in [5.74, 6) is -0.613. The predicted molar refractivity (Wildman–Crippen MR) is 107 cm³/mol. The summed E-state index contributed by atoms with van der Waals surface area (Å²) < 4.78 is 5.55. The van der Waals surface area contributed by atoms with Crippen LogP contribution in [0.15, 0.2) is 53.0 Å². The highest BCUT2D eigenvalue weighted by molar-refractivity contribution is 9.10. The van der Waals surface area contributed by atoms with Gasteiger partial charge in [0.15, 0.2) is 0 Å². The van der Waals surface area contributed by atoms with Gasteiger partial charge in [0.25, 0.3) is 5.91 Å². The average Bonchev–Trinajstić information content (AvgIpc) is 2.63. The zero-order chi connectivity index (χ0) is 19.8. The molecule has 0 atom stereocenters. The number of benzene rings is 2. The standard InChI is InChI=1S/C19H20BrN3O4/c1-3-27-19(26)21-14-10-8-13(9-11-14)18(25)23(2)12-17(24)22-16-7-5-4-6-15(16)20/h4-11H,3,12H2,1-2H3,(H,21,26)(H,22,24). The molecule has 7 nitrogen and oxygen atoms in total. The van der Waals surface area contributed by atoms with E-state index in [-0.39, 0.29) is 25.0 Å². The molecule has 0 radical (unpaired) electrons. The van der Waals surface area contributed by atoms with Crippen molar-refractivity contribution in [2.75, 3.05) is 30.8 Å². The van der Waals surface area contributed by atoms with Gasteiger partial charge in [-0.05, 0) is 59.3 Å². The maximum atomic E-state index is 12.5. The van der Waals surface area contributed by atoms with Crippen molar-refractivity contribution in [2.45, 2.75) is 6.92 Å². The van der Waals surface area contributed by atoms with Gasteiger partial charge in [0.05, 0.1) is 18.8 Å². The Kier molecular flexibility index (Phi) is 7.36. The second-order valence-electron chi connectivity index (χ2n) is 5.61. The summed E-state index contributed by atoms with van der Waals surface area (Å²) in [6.07, 6.45) is -0.558. The van der Waals surface area contributed by atoms with Crippen molar-refractivity contribution in [1.29, 1.82) is 0 Å². The van der Waals surface area contributed by atoms with Gasteiger partial charge in [-0.3, -0.25) is 14.9 Å². The van der Waals surface area contributed by atoms with Crippen LogP contribution in [-0.4, -0.2) is 43.0 Å². The van der Waals surface area contributed by atoms with Crippen molar-refractivity contribution in [3.63, 3.8) is 0 Å². The van der Waals surface area contributed by atoms with Crippen LogP contribution in [0.1, 0.15) is 17.3 Å². The Morgan fingerprint density at radius 1 is 1.04 bits per heavy atom. The molecule has 0 aliphatic carbocycles. The second-order valence-corrected chi connectivity index (χ2v) is 6.47. The Balaban J connectivity index is 1.93. The number of anilines is 2. The van der Waals surface area contributed by atoms with Crippen LogP contribution in [0.3, 0.4) is 0 Å². The first kappa shape index (κ1) is 20.4. The zero-order valence-corrected chi connectivity index (χ0v) is 16.6. The number of likely N-dealkylation sites (N-methyl/N-ethyl adjacent to an activating group) is 1. The summed E-state index contributed by atoms with van der Waals surface area (Å²) in [5.41, 5.74) is 1.55. The molecule has 0 aromatic heterocycles. The quantitative estimate of drug-likeness (QED) is 0.726. The lowest BCUT2D eigenvalue weighted by atomic mass is 10.2. The van der Waals surface area contributed by atoms with Gasteiger partial charge in [0.1, 0.15) is 0 Å². The lowest BCUT2D eigenvalue weighted by Gasteiger charge is -2.17. The molecular weight excluding hydrogens is 414 g/mol. The van der Waals surface area contributed by atoms with Crippen molar-refractivity contribution in [3.05, 3.63) is 58.6 Å². The summed E-state index contributed by atoms with van der Waals surface area (Å²) in [6.45, 7) is 1.89. The number of hydrogen-bond donors (Lipinski definition) is 2. The second kappa shape index (κ2) is 9.72. The topological polar surface area (TPSA) is 87.7 Å². The van der Waals surface area contributed by atoms with Crippen LogP contribution in [-0.2, 0) is 9.53 Å². The summed E-state index contributed by atoms with van der Waals surface area (Å²) in [7, 11) is 1.55. The minimum Gasteiger partial charge on any atom is -0.450 e. The molecule has 0 fully saturated rings. The molecular formula is C19H20BrN3O4. The van der Waals surface area contributed by atoms with Gasteiger partial charge >= 0.3 is 6.09 Å². The Labute approximate surface area is 165 Å². The predicted octanol–water partition coefficient (Wildman–Crippen LogP) is 3.73. The lowest BCUT2D eigenvalue weighted by molar-refractivity contribution is -0.116. The minimum atomic E-state index is -0.558. The fraction of sp³-hybridized carbons (Fsp3) is 0.211. The Bertz CT molecular complexity index is 824. The molecule has 27 heavy (non-hydrogen) atoms. The van der Waals surface area contributed by atoms with Crippen molar-refractivity contribution >= 4 is 45.2 Å². The van der Waals surface area contributed by atoms with Gasteiger partial charge in [-0.25, -0.2) is 4.79 Å². The molecule has 3 amide bonds. The lowest BCUT2D eigenvalue weighted by Crippen LogP contribution is -2.35. The van der Waals surface area contributed by atoms with Gasteiger partial charge < -0.3 is 15.0 Å². The third-order valence-corrected chi connectivity index (χ3v) is 4.22. The Morgan fingerprint density at radius 2 is 1.70 bits per heavy atom. The SMILES string of the molecule is CCOC(=O)Nc1ccc(C(=O)N(C)CC(=O)Nc2ccccc2Br)cc1. The maximum absolute atomic E-state index is 12.5. The van der Waals surface area contributed by atoms with Gasteiger partial charge in [-0.1, -0.05) is 12.1 Å². The molecule has 2 N–H and O–H groups in total. The number of rotatable bonds is 6. The highest BCUT2D eigenvalue weighted by Gasteiger charge is 2.16. The molecule has 0 heterocycles.